The lowest BCUT2D eigenvalue weighted by Crippen LogP contribution is -2.36. The Kier molecular flexibility index (Phi) is 7.50. The Morgan fingerprint density at radius 1 is 1.12 bits per heavy atom. The molecule has 2 aliphatic rings. The molecule has 0 radical (unpaired) electrons. The number of anilines is 1. The van der Waals surface area contributed by atoms with Gasteiger partial charge in [0.15, 0.2) is 21.3 Å². The van der Waals surface area contributed by atoms with Crippen molar-refractivity contribution in [2.75, 3.05) is 32.3 Å². The van der Waals surface area contributed by atoms with Gasteiger partial charge in [-0.15, -0.1) is 0 Å². The summed E-state index contributed by atoms with van der Waals surface area (Å²) in [4.78, 5) is 39.4. The molecular formula is C31H33FN4O4S. The lowest BCUT2D eigenvalue weighted by atomic mass is 10.0. The monoisotopic (exact) mass is 576 g/mol. The van der Waals surface area contributed by atoms with Gasteiger partial charge in [-0.25, -0.2) is 14.4 Å². The third-order valence-corrected chi connectivity index (χ3v) is 9.27. The van der Waals surface area contributed by atoms with Gasteiger partial charge in [0.05, 0.1) is 32.2 Å². The summed E-state index contributed by atoms with van der Waals surface area (Å²) in [6.45, 7) is 0.281. The Morgan fingerprint density at radius 2 is 1.93 bits per heavy atom. The molecule has 2 aromatic carbocycles. The number of aromatic nitrogens is 3. The number of ketones is 1. The molecule has 10 heteroatoms. The van der Waals surface area contributed by atoms with E-state index in [1.165, 1.54) is 11.3 Å². The molecule has 8 nitrogen and oxygen atoms in total. The van der Waals surface area contributed by atoms with E-state index < -0.39 is 12.1 Å². The minimum absolute atomic E-state index is 0.170. The highest BCUT2D eigenvalue weighted by atomic mass is 32.1. The highest BCUT2D eigenvalue weighted by Crippen LogP contribution is 2.48. The first-order chi connectivity index (χ1) is 20.0. The van der Waals surface area contributed by atoms with Gasteiger partial charge in [0, 0.05) is 24.6 Å². The summed E-state index contributed by atoms with van der Waals surface area (Å²) in [5.41, 5.74) is 1.07. The van der Waals surface area contributed by atoms with E-state index in [0.717, 1.165) is 24.0 Å². The zero-order valence-corrected chi connectivity index (χ0v) is 24.1. The topological polar surface area (TPSA) is 86.5 Å². The molecular weight excluding hydrogens is 543 g/mol. The predicted molar refractivity (Wildman–Crippen MR) is 157 cm³/mol. The van der Waals surface area contributed by atoms with Gasteiger partial charge < -0.3 is 14.4 Å². The number of carbonyl (C=O) groups excluding carboxylic acids is 1. The molecule has 2 aromatic heterocycles. The van der Waals surface area contributed by atoms with Crippen LogP contribution in [0, 0.1) is 0 Å². The molecule has 1 aliphatic heterocycles. The number of methoxy groups -OCH3 is 2. The van der Waals surface area contributed by atoms with Crippen LogP contribution in [0.1, 0.15) is 49.1 Å². The van der Waals surface area contributed by atoms with Gasteiger partial charge in [-0.3, -0.25) is 14.2 Å². The standard InChI is InChI=1S/C31H33FN4O4S/c1-39-22-12-11-21(25(17-22)40-2)18-36-28(38)26-27(34-29(36)31(19-32)14-15-31)41-30(33-26)35-16-6-9-23(35)24(37)13-10-20-7-4-3-5-8-20/h3-5,7-8,11-12,17,23H,6,9-10,13-16,18-19H2,1-2H3/t23-/m1/s1. The molecule has 1 aliphatic carbocycles. The first-order valence-electron chi connectivity index (χ1n) is 14.0. The minimum Gasteiger partial charge on any atom is -0.497 e. The Hall–Kier alpha value is -3.79. The summed E-state index contributed by atoms with van der Waals surface area (Å²) in [6.07, 6.45) is 4.05. The number of carbonyl (C=O) groups is 1. The summed E-state index contributed by atoms with van der Waals surface area (Å²) in [5.74, 6) is 1.83. The molecule has 0 amide bonds. The van der Waals surface area contributed by atoms with E-state index in [1.54, 1.807) is 30.9 Å². The second kappa shape index (κ2) is 11.2. The van der Waals surface area contributed by atoms with Crippen molar-refractivity contribution in [1.29, 1.82) is 0 Å². The van der Waals surface area contributed by atoms with Crippen LogP contribution >= 0.6 is 11.3 Å². The van der Waals surface area contributed by atoms with Gasteiger partial charge in [-0.1, -0.05) is 41.7 Å². The second-order valence-corrected chi connectivity index (χ2v) is 11.8. The van der Waals surface area contributed by atoms with Crippen LogP contribution in [0.4, 0.5) is 9.52 Å². The highest BCUT2D eigenvalue weighted by Gasteiger charge is 2.49. The number of thiazole rings is 1. The minimum atomic E-state index is -0.763. The molecule has 1 atom stereocenters. The normalized spacial score (nSPS) is 17.6. The van der Waals surface area contributed by atoms with E-state index in [-0.39, 0.29) is 29.4 Å². The van der Waals surface area contributed by atoms with E-state index in [0.29, 0.717) is 59.5 Å². The summed E-state index contributed by atoms with van der Waals surface area (Å²) < 4.78 is 26.8. The van der Waals surface area contributed by atoms with E-state index in [2.05, 4.69) is 0 Å². The van der Waals surface area contributed by atoms with Crippen molar-refractivity contribution >= 4 is 32.6 Å². The predicted octanol–water partition coefficient (Wildman–Crippen LogP) is 5.09. The largest absolute Gasteiger partial charge is 0.497 e. The van der Waals surface area contributed by atoms with Crippen LogP contribution in [-0.2, 0) is 23.2 Å². The summed E-state index contributed by atoms with van der Waals surface area (Å²) >= 11 is 1.31. The van der Waals surface area contributed by atoms with Crippen LogP contribution in [0.3, 0.4) is 0 Å². The van der Waals surface area contributed by atoms with Crippen molar-refractivity contribution in [2.45, 2.75) is 56.5 Å². The maximum Gasteiger partial charge on any atom is 0.281 e. The molecule has 6 rings (SSSR count). The molecule has 1 saturated carbocycles. The van der Waals surface area contributed by atoms with Crippen LogP contribution in [0.25, 0.3) is 10.3 Å². The lowest BCUT2D eigenvalue weighted by Gasteiger charge is -2.22. The summed E-state index contributed by atoms with van der Waals surface area (Å²) in [5, 5.41) is 0.621. The van der Waals surface area contributed by atoms with Gasteiger partial charge in [0.2, 0.25) is 0 Å². The average molecular weight is 577 g/mol. The van der Waals surface area contributed by atoms with Crippen molar-refractivity contribution in [3.05, 3.63) is 75.8 Å². The smallest absolute Gasteiger partial charge is 0.281 e. The molecule has 0 unspecified atom stereocenters. The lowest BCUT2D eigenvalue weighted by molar-refractivity contribution is -0.120. The van der Waals surface area contributed by atoms with Gasteiger partial charge in [0.1, 0.15) is 24.0 Å². The number of alkyl halides is 1. The number of halogens is 1. The quantitative estimate of drug-likeness (QED) is 0.246. The van der Waals surface area contributed by atoms with Crippen molar-refractivity contribution in [3.63, 3.8) is 0 Å². The zero-order valence-electron chi connectivity index (χ0n) is 23.3. The molecule has 0 N–H and O–H groups in total. The van der Waals surface area contributed by atoms with Gasteiger partial charge in [-0.2, -0.15) is 0 Å². The number of fused-ring (bicyclic) bond motifs is 1. The average Bonchev–Trinajstić information content (AvgIpc) is 3.43. The SMILES string of the molecule is COc1ccc(Cn2c(C3(CF)CC3)nc3sc(N4CCC[C@@H]4C(=O)CCc4ccccc4)nc3c2=O)c(OC)c1. The molecule has 2 fully saturated rings. The van der Waals surface area contributed by atoms with Crippen molar-refractivity contribution < 1.29 is 18.7 Å². The zero-order chi connectivity index (χ0) is 28.6. The third-order valence-electron chi connectivity index (χ3n) is 8.29. The van der Waals surface area contributed by atoms with Crippen LogP contribution in [0.5, 0.6) is 11.5 Å². The Morgan fingerprint density at radius 3 is 2.63 bits per heavy atom. The van der Waals surface area contributed by atoms with Gasteiger partial charge in [0.25, 0.3) is 5.56 Å². The number of benzene rings is 2. The molecule has 41 heavy (non-hydrogen) atoms. The fourth-order valence-electron chi connectivity index (χ4n) is 5.70. The van der Waals surface area contributed by atoms with Gasteiger partial charge in [-0.05, 0) is 49.8 Å². The molecule has 0 spiro atoms. The maximum absolute atomic E-state index is 14.3. The Balaban J connectivity index is 1.34. The number of Topliss-reactive ketones (excluding diaryl/α,β-unsaturated/α-hetero) is 1. The van der Waals surface area contributed by atoms with Crippen molar-refractivity contribution in [3.8, 4) is 11.5 Å². The third kappa shape index (κ3) is 5.21. The maximum atomic E-state index is 14.3. The summed E-state index contributed by atoms with van der Waals surface area (Å²) in [6, 6.07) is 15.1. The highest BCUT2D eigenvalue weighted by molar-refractivity contribution is 7.21. The number of ether oxygens (including phenoxy) is 2. The first kappa shape index (κ1) is 27.4. The number of rotatable bonds is 11. The number of hydrogen-bond donors (Lipinski definition) is 0. The number of hydrogen-bond acceptors (Lipinski definition) is 8. The molecule has 1 saturated heterocycles. The number of nitrogens with zero attached hydrogens (tertiary/aromatic N) is 4. The fraction of sp³-hybridized carbons (Fsp3) is 0.419. The molecule has 0 bridgehead atoms. The summed E-state index contributed by atoms with van der Waals surface area (Å²) in [7, 11) is 3.14. The van der Waals surface area contributed by atoms with E-state index >= 15 is 0 Å². The van der Waals surface area contributed by atoms with E-state index in [9.17, 15) is 14.0 Å². The number of aryl methyl sites for hydroxylation is 1. The van der Waals surface area contributed by atoms with Crippen LogP contribution < -0.4 is 19.9 Å². The van der Waals surface area contributed by atoms with Crippen LogP contribution in [-0.4, -0.2) is 53.8 Å². The second-order valence-electron chi connectivity index (χ2n) is 10.9. The van der Waals surface area contributed by atoms with Crippen LogP contribution in [0.15, 0.2) is 53.3 Å². The molecule has 3 heterocycles. The molecule has 4 aromatic rings. The first-order valence-corrected chi connectivity index (χ1v) is 14.8. The van der Waals surface area contributed by atoms with Crippen molar-refractivity contribution in [1.82, 2.24) is 14.5 Å². The van der Waals surface area contributed by atoms with Gasteiger partial charge >= 0.3 is 0 Å². The Bertz CT molecular complexity index is 1630. The van der Waals surface area contributed by atoms with Crippen molar-refractivity contribution in [2.24, 2.45) is 0 Å². The van der Waals surface area contributed by atoms with E-state index in [1.807, 2.05) is 41.3 Å². The fourth-order valence-corrected chi connectivity index (χ4v) is 6.71. The van der Waals surface area contributed by atoms with E-state index in [4.69, 9.17) is 19.4 Å². The molecule has 214 valence electrons. The van der Waals surface area contributed by atoms with Crippen LogP contribution in [0.2, 0.25) is 0 Å². The Labute approximate surface area is 241 Å².